The van der Waals surface area contributed by atoms with Crippen molar-refractivity contribution in [2.45, 2.75) is 13.3 Å². The van der Waals surface area contributed by atoms with E-state index < -0.39 is 5.92 Å². The Labute approximate surface area is 125 Å². The molecule has 8 heteroatoms. The van der Waals surface area contributed by atoms with E-state index in [1.165, 1.54) is 17.3 Å². The summed E-state index contributed by atoms with van der Waals surface area (Å²) in [5, 5.41) is 8.70. The fourth-order valence-corrected chi connectivity index (χ4v) is 2.37. The van der Waals surface area contributed by atoms with Crippen LogP contribution >= 0.6 is 0 Å². The molecule has 0 unspecified atom stereocenters. The van der Waals surface area contributed by atoms with Crippen LogP contribution < -0.4 is 10.2 Å². The molecule has 1 saturated heterocycles. The monoisotopic (exact) mass is 303 g/mol. The lowest BCUT2D eigenvalue weighted by atomic mass is 10.1. The highest BCUT2D eigenvalue weighted by atomic mass is 19.1. The maximum atomic E-state index is 13.6. The maximum absolute atomic E-state index is 13.6. The van der Waals surface area contributed by atoms with Gasteiger partial charge in [-0.1, -0.05) is 6.07 Å². The van der Waals surface area contributed by atoms with Crippen molar-refractivity contribution in [3.63, 3.8) is 0 Å². The molecular formula is C14H14FN5O2. The molecule has 114 valence electrons. The lowest BCUT2D eigenvalue weighted by Gasteiger charge is -2.17. The first-order valence-corrected chi connectivity index (χ1v) is 6.77. The van der Waals surface area contributed by atoms with Crippen LogP contribution in [0.15, 0.2) is 24.5 Å². The number of aryl methyl sites for hydroxylation is 1. The molecule has 22 heavy (non-hydrogen) atoms. The van der Waals surface area contributed by atoms with E-state index in [0.717, 1.165) is 0 Å². The number of carbonyl (C=O) groups excluding carboxylic acids is 2. The molecule has 1 fully saturated rings. The van der Waals surface area contributed by atoms with E-state index in [0.29, 0.717) is 11.3 Å². The number of anilines is 2. The zero-order chi connectivity index (χ0) is 15.7. The third-order valence-electron chi connectivity index (χ3n) is 3.62. The molecule has 1 aliphatic rings. The predicted octanol–water partition coefficient (Wildman–Crippen LogP) is 1.24. The fourth-order valence-electron chi connectivity index (χ4n) is 2.37. The molecule has 1 aliphatic heterocycles. The predicted molar refractivity (Wildman–Crippen MR) is 76.6 cm³/mol. The van der Waals surface area contributed by atoms with Gasteiger partial charge in [0.15, 0.2) is 0 Å². The summed E-state index contributed by atoms with van der Waals surface area (Å²) in [6.45, 7) is 1.86. The molecule has 3 rings (SSSR count). The average molecular weight is 303 g/mol. The van der Waals surface area contributed by atoms with Gasteiger partial charge in [0.1, 0.15) is 12.1 Å². The average Bonchev–Trinajstić information content (AvgIpc) is 3.11. The summed E-state index contributed by atoms with van der Waals surface area (Å²) in [5.41, 5.74) is 0.970. The van der Waals surface area contributed by atoms with Gasteiger partial charge in [-0.3, -0.25) is 14.9 Å². The van der Waals surface area contributed by atoms with Crippen molar-refractivity contribution in [2.24, 2.45) is 5.92 Å². The smallest absolute Gasteiger partial charge is 0.232 e. The largest absolute Gasteiger partial charge is 0.311 e. The molecule has 1 aromatic carbocycles. The number of aromatic amines is 1. The molecule has 0 saturated carbocycles. The molecule has 0 spiro atoms. The van der Waals surface area contributed by atoms with Gasteiger partial charge in [0.2, 0.25) is 17.8 Å². The quantitative estimate of drug-likeness (QED) is 0.892. The van der Waals surface area contributed by atoms with E-state index in [-0.39, 0.29) is 36.5 Å². The Morgan fingerprint density at radius 2 is 2.32 bits per heavy atom. The fraction of sp³-hybridized carbons (Fsp3) is 0.286. The first kappa shape index (κ1) is 14.2. The van der Waals surface area contributed by atoms with Crippen LogP contribution in [-0.2, 0) is 9.59 Å². The molecule has 0 aliphatic carbocycles. The highest BCUT2D eigenvalue weighted by molar-refractivity contribution is 6.03. The number of carbonyl (C=O) groups is 2. The molecule has 2 heterocycles. The topological polar surface area (TPSA) is 91.0 Å². The molecule has 1 aromatic heterocycles. The number of amides is 2. The van der Waals surface area contributed by atoms with E-state index in [4.69, 9.17) is 0 Å². The Bertz CT molecular complexity index is 716. The molecular weight excluding hydrogens is 289 g/mol. The van der Waals surface area contributed by atoms with Gasteiger partial charge >= 0.3 is 0 Å². The summed E-state index contributed by atoms with van der Waals surface area (Å²) in [5.74, 6) is -1.18. The maximum Gasteiger partial charge on any atom is 0.232 e. The Balaban J connectivity index is 1.72. The zero-order valence-corrected chi connectivity index (χ0v) is 11.8. The number of aromatic nitrogens is 3. The van der Waals surface area contributed by atoms with Crippen molar-refractivity contribution in [3.8, 4) is 0 Å². The Morgan fingerprint density at radius 1 is 1.50 bits per heavy atom. The minimum atomic E-state index is -0.512. The number of nitrogens with zero attached hydrogens (tertiary/aromatic N) is 3. The van der Waals surface area contributed by atoms with Crippen molar-refractivity contribution in [2.75, 3.05) is 16.8 Å². The van der Waals surface area contributed by atoms with E-state index >= 15 is 0 Å². The molecule has 0 bridgehead atoms. The Kier molecular flexibility index (Phi) is 3.58. The van der Waals surface area contributed by atoms with Gasteiger partial charge in [0.05, 0.1) is 5.92 Å². The molecule has 2 aromatic rings. The second-order valence-electron chi connectivity index (χ2n) is 5.16. The number of halogens is 1. The minimum Gasteiger partial charge on any atom is -0.311 e. The van der Waals surface area contributed by atoms with Gasteiger partial charge in [0, 0.05) is 18.7 Å². The van der Waals surface area contributed by atoms with Crippen molar-refractivity contribution in [1.82, 2.24) is 15.2 Å². The number of hydrogen-bond donors (Lipinski definition) is 2. The van der Waals surface area contributed by atoms with Crippen LogP contribution in [0.2, 0.25) is 0 Å². The zero-order valence-electron chi connectivity index (χ0n) is 11.8. The first-order valence-electron chi connectivity index (χ1n) is 6.77. The minimum absolute atomic E-state index is 0.0788. The lowest BCUT2D eigenvalue weighted by molar-refractivity contribution is -0.122. The van der Waals surface area contributed by atoms with E-state index in [1.54, 1.807) is 19.1 Å². The van der Waals surface area contributed by atoms with E-state index in [9.17, 15) is 14.0 Å². The molecule has 2 N–H and O–H groups in total. The Morgan fingerprint density at radius 3 is 3.00 bits per heavy atom. The SMILES string of the molecule is Cc1ccc(N2C[C@@H](C(=O)Nc3ncn[nH]3)CC2=O)cc1F. The van der Waals surface area contributed by atoms with Gasteiger partial charge in [-0.25, -0.2) is 9.49 Å². The van der Waals surface area contributed by atoms with Crippen LogP contribution in [0.3, 0.4) is 0 Å². The molecule has 2 amide bonds. The molecule has 0 radical (unpaired) electrons. The van der Waals surface area contributed by atoms with Crippen LogP contribution in [0, 0.1) is 18.7 Å². The molecule has 7 nitrogen and oxygen atoms in total. The van der Waals surface area contributed by atoms with Crippen LogP contribution in [0.5, 0.6) is 0 Å². The highest BCUT2D eigenvalue weighted by Gasteiger charge is 2.35. The molecule has 1 atom stereocenters. The summed E-state index contributed by atoms with van der Waals surface area (Å²) < 4.78 is 13.6. The second-order valence-corrected chi connectivity index (χ2v) is 5.16. The summed E-state index contributed by atoms with van der Waals surface area (Å²) in [6.07, 6.45) is 1.35. The third kappa shape index (κ3) is 2.67. The van der Waals surface area contributed by atoms with Gasteiger partial charge < -0.3 is 4.90 Å². The summed E-state index contributed by atoms with van der Waals surface area (Å²) in [6, 6.07) is 4.59. The normalized spacial score (nSPS) is 17.8. The van der Waals surface area contributed by atoms with Crippen LogP contribution in [0.4, 0.5) is 16.0 Å². The summed E-state index contributed by atoms with van der Waals surface area (Å²) in [4.78, 5) is 29.4. The number of rotatable bonds is 3. The van der Waals surface area contributed by atoms with Crippen molar-refractivity contribution >= 4 is 23.5 Å². The Hall–Kier alpha value is -2.77. The van der Waals surface area contributed by atoms with Crippen molar-refractivity contribution in [3.05, 3.63) is 35.9 Å². The first-order chi connectivity index (χ1) is 10.5. The summed E-state index contributed by atoms with van der Waals surface area (Å²) >= 11 is 0. The van der Waals surface area contributed by atoms with Gasteiger partial charge in [-0.2, -0.15) is 10.1 Å². The van der Waals surface area contributed by atoms with Crippen molar-refractivity contribution < 1.29 is 14.0 Å². The van der Waals surface area contributed by atoms with Gasteiger partial charge in [0.25, 0.3) is 0 Å². The van der Waals surface area contributed by atoms with Gasteiger partial charge in [-0.15, -0.1) is 0 Å². The van der Waals surface area contributed by atoms with Gasteiger partial charge in [-0.05, 0) is 24.6 Å². The van der Waals surface area contributed by atoms with Crippen molar-refractivity contribution in [1.29, 1.82) is 0 Å². The van der Waals surface area contributed by atoms with E-state index in [2.05, 4.69) is 20.5 Å². The number of hydrogen-bond acceptors (Lipinski definition) is 4. The highest BCUT2D eigenvalue weighted by Crippen LogP contribution is 2.27. The lowest BCUT2D eigenvalue weighted by Crippen LogP contribution is -2.28. The summed E-state index contributed by atoms with van der Waals surface area (Å²) in [7, 11) is 0. The third-order valence-corrected chi connectivity index (χ3v) is 3.62. The number of benzene rings is 1. The number of nitrogens with one attached hydrogen (secondary N) is 2. The van der Waals surface area contributed by atoms with Crippen LogP contribution in [0.25, 0.3) is 0 Å². The number of H-pyrrole nitrogens is 1. The van der Waals surface area contributed by atoms with E-state index in [1.807, 2.05) is 0 Å². The van der Waals surface area contributed by atoms with Crippen LogP contribution in [-0.4, -0.2) is 33.5 Å². The second kappa shape index (κ2) is 5.55. The standard InChI is InChI=1S/C14H14FN5O2/c1-8-2-3-10(5-11(8)15)20-6-9(4-12(20)21)13(22)18-14-16-7-17-19-14/h2-3,5,7,9H,4,6H2,1H3,(H2,16,17,18,19,22)/t9-/m0/s1. The van der Waals surface area contributed by atoms with Crippen LogP contribution in [0.1, 0.15) is 12.0 Å².